The molecule has 0 saturated heterocycles. The molecule has 2 aromatic carbocycles. The van der Waals surface area contributed by atoms with Crippen LogP contribution in [0.25, 0.3) is 11.3 Å². The van der Waals surface area contributed by atoms with E-state index in [0.29, 0.717) is 30.4 Å². The fraction of sp³-hybridized carbons (Fsp3) is 0.0870. The van der Waals surface area contributed by atoms with E-state index in [-0.39, 0.29) is 5.82 Å². The zero-order valence-electron chi connectivity index (χ0n) is 15.7. The Hall–Kier alpha value is -3.80. The lowest BCUT2D eigenvalue weighted by molar-refractivity contribution is 0.612. The minimum absolute atomic E-state index is 0.257. The van der Waals surface area contributed by atoms with E-state index >= 15 is 0 Å². The van der Waals surface area contributed by atoms with Gasteiger partial charge in [0.2, 0.25) is 5.95 Å². The van der Waals surface area contributed by atoms with Crippen molar-refractivity contribution in [3.05, 3.63) is 102 Å². The number of benzene rings is 2. The molecule has 0 saturated carbocycles. The number of hydrogen-bond acceptors (Lipinski definition) is 5. The van der Waals surface area contributed by atoms with E-state index < -0.39 is 0 Å². The second kappa shape index (κ2) is 8.93. The highest BCUT2D eigenvalue weighted by Crippen LogP contribution is 2.22. The SMILES string of the molecule is Fc1ccccc1CNc1nc(NCc2ccccn2)cc(-c2ccccc2)n1. The molecular formula is C23H20FN5. The van der Waals surface area contributed by atoms with Crippen molar-refractivity contribution in [1.82, 2.24) is 15.0 Å². The van der Waals surface area contributed by atoms with Crippen molar-refractivity contribution in [2.75, 3.05) is 10.6 Å². The summed E-state index contributed by atoms with van der Waals surface area (Å²) in [5, 5.41) is 6.43. The van der Waals surface area contributed by atoms with Gasteiger partial charge >= 0.3 is 0 Å². The van der Waals surface area contributed by atoms with E-state index in [2.05, 4.69) is 25.6 Å². The number of anilines is 2. The van der Waals surface area contributed by atoms with Crippen LogP contribution in [0.5, 0.6) is 0 Å². The Kier molecular flexibility index (Phi) is 5.71. The summed E-state index contributed by atoms with van der Waals surface area (Å²) in [5.74, 6) is 0.839. The fourth-order valence-electron chi connectivity index (χ4n) is 2.87. The molecule has 0 aliphatic heterocycles. The Morgan fingerprint density at radius 1 is 0.759 bits per heavy atom. The summed E-state index contributed by atoms with van der Waals surface area (Å²) in [6, 6.07) is 24.2. The van der Waals surface area contributed by atoms with Gasteiger partial charge in [-0.2, -0.15) is 4.98 Å². The molecule has 0 atom stereocenters. The van der Waals surface area contributed by atoms with Crippen molar-refractivity contribution >= 4 is 11.8 Å². The van der Waals surface area contributed by atoms with Crippen LogP contribution in [0.3, 0.4) is 0 Å². The minimum Gasteiger partial charge on any atom is -0.364 e. The number of nitrogens with one attached hydrogen (secondary N) is 2. The molecule has 0 aliphatic rings. The van der Waals surface area contributed by atoms with E-state index in [9.17, 15) is 4.39 Å². The molecule has 0 amide bonds. The predicted octanol–water partition coefficient (Wildman–Crippen LogP) is 4.90. The van der Waals surface area contributed by atoms with Crippen molar-refractivity contribution in [2.24, 2.45) is 0 Å². The molecule has 2 heterocycles. The molecule has 4 rings (SSSR count). The third-order valence-corrected chi connectivity index (χ3v) is 4.37. The Balaban J connectivity index is 1.58. The first kappa shape index (κ1) is 18.6. The van der Waals surface area contributed by atoms with Crippen LogP contribution in [0, 0.1) is 5.82 Å². The highest BCUT2D eigenvalue weighted by Gasteiger charge is 2.08. The molecule has 2 aromatic heterocycles. The topological polar surface area (TPSA) is 62.7 Å². The first-order chi connectivity index (χ1) is 14.3. The van der Waals surface area contributed by atoms with Crippen LogP contribution in [0.2, 0.25) is 0 Å². The normalized spacial score (nSPS) is 10.5. The van der Waals surface area contributed by atoms with Gasteiger partial charge in [0.1, 0.15) is 11.6 Å². The minimum atomic E-state index is -0.257. The van der Waals surface area contributed by atoms with Crippen LogP contribution >= 0.6 is 0 Å². The second-order valence-corrected chi connectivity index (χ2v) is 6.45. The van der Waals surface area contributed by atoms with Crippen molar-refractivity contribution < 1.29 is 4.39 Å². The third kappa shape index (κ3) is 4.93. The molecule has 2 N–H and O–H groups in total. The van der Waals surface area contributed by atoms with Crippen LogP contribution < -0.4 is 10.6 Å². The first-order valence-corrected chi connectivity index (χ1v) is 9.33. The molecule has 6 heteroatoms. The van der Waals surface area contributed by atoms with Gasteiger partial charge in [0.25, 0.3) is 0 Å². The lowest BCUT2D eigenvalue weighted by Crippen LogP contribution is -2.09. The van der Waals surface area contributed by atoms with E-state index in [0.717, 1.165) is 17.0 Å². The van der Waals surface area contributed by atoms with Gasteiger partial charge < -0.3 is 10.6 Å². The molecule has 4 aromatic rings. The lowest BCUT2D eigenvalue weighted by atomic mass is 10.1. The van der Waals surface area contributed by atoms with Gasteiger partial charge in [-0.25, -0.2) is 9.37 Å². The highest BCUT2D eigenvalue weighted by atomic mass is 19.1. The second-order valence-electron chi connectivity index (χ2n) is 6.45. The molecule has 0 bridgehead atoms. The summed E-state index contributed by atoms with van der Waals surface area (Å²) < 4.78 is 13.9. The molecule has 144 valence electrons. The van der Waals surface area contributed by atoms with E-state index in [4.69, 9.17) is 0 Å². The number of halogens is 1. The number of hydrogen-bond donors (Lipinski definition) is 2. The summed E-state index contributed by atoms with van der Waals surface area (Å²) in [6.07, 6.45) is 1.76. The van der Waals surface area contributed by atoms with E-state index in [1.807, 2.05) is 54.6 Å². The standard InChI is InChI=1S/C23H20FN5/c24-20-12-5-4-10-18(20)15-27-23-28-21(17-8-2-1-3-9-17)14-22(29-23)26-16-19-11-6-7-13-25-19/h1-14H,15-16H2,(H2,26,27,28,29). The molecule has 0 radical (unpaired) electrons. The Morgan fingerprint density at radius 2 is 1.55 bits per heavy atom. The zero-order valence-corrected chi connectivity index (χ0v) is 15.7. The number of nitrogens with zero attached hydrogens (tertiary/aromatic N) is 3. The average molecular weight is 385 g/mol. The van der Waals surface area contributed by atoms with Crippen LogP contribution in [0.15, 0.2) is 85.1 Å². The lowest BCUT2D eigenvalue weighted by Gasteiger charge is -2.12. The number of rotatable bonds is 7. The quantitative estimate of drug-likeness (QED) is 0.474. The van der Waals surface area contributed by atoms with Crippen LogP contribution in [-0.2, 0) is 13.1 Å². The largest absolute Gasteiger partial charge is 0.364 e. The molecule has 0 aliphatic carbocycles. The van der Waals surface area contributed by atoms with Crippen molar-refractivity contribution in [1.29, 1.82) is 0 Å². The maximum Gasteiger partial charge on any atom is 0.225 e. The van der Waals surface area contributed by atoms with Gasteiger partial charge in [0, 0.05) is 29.9 Å². The molecule has 0 fully saturated rings. The van der Waals surface area contributed by atoms with E-state index in [1.165, 1.54) is 6.07 Å². The van der Waals surface area contributed by atoms with Gasteiger partial charge in [-0.05, 0) is 18.2 Å². The summed E-state index contributed by atoms with van der Waals surface area (Å²) in [5.41, 5.74) is 3.22. The Morgan fingerprint density at radius 3 is 2.34 bits per heavy atom. The maximum absolute atomic E-state index is 13.9. The molecule has 0 unspecified atom stereocenters. The smallest absolute Gasteiger partial charge is 0.225 e. The predicted molar refractivity (Wildman–Crippen MR) is 113 cm³/mol. The summed E-state index contributed by atoms with van der Waals surface area (Å²) >= 11 is 0. The molecule has 29 heavy (non-hydrogen) atoms. The molecule has 5 nitrogen and oxygen atoms in total. The zero-order chi connectivity index (χ0) is 19.9. The van der Waals surface area contributed by atoms with Crippen LogP contribution in [-0.4, -0.2) is 15.0 Å². The molecular weight excluding hydrogens is 365 g/mol. The Labute approximate surface area is 168 Å². The van der Waals surface area contributed by atoms with Gasteiger partial charge in [-0.1, -0.05) is 54.6 Å². The summed E-state index contributed by atoms with van der Waals surface area (Å²) in [6.45, 7) is 0.837. The van der Waals surface area contributed by atoms with Crippen molar-refractivity contribution in [3.8, 4) is 11.3 Å². The maximum atomic E-state index is 13.9. The summed E-state index contributed by atoms with van der Waals surface area (Å²) in [7, 11) is 0. The fourth-order valence-corrected chi connectivity index (χ4v) is 2.87. The number of pyridine rings is 1. The first-order valence-electron chi connectivity index (χ1n) is 9.33. The van der Waals surface area contributed by atoms with Crippen molar-refractivity contribution in [3.63, 3.8) is 0 Å². The van der Waals surface area contributed by atoms with Gasteiger partial charge in [0.05, 0.1) is 17.9 Å². The highest BCUT2D eigenvalue weighted by molar-refractivity contribution is 5.64. The number of aromatic nitrogens is 3. The van der Waals surface area contributed by atoms with Crippen molar-refractivity contribution in [2.45, 2.75) is 13.1 Å². The van der Waals surface area contributed by atoms with Crippen LogP contribution in [0.4, 0.5) is 16.2 Å². The van der Waals surface area contributed by atoms with Gasteiger partial charge in [-0.3, -0.25) is 4.98 Å². The monoisotopic (exact) mass is 385 g/mol. The summed E-state index contributed by atoms with van der Waals surface area (Å²) in [4.78, 5) is 13.5. The van der Waals surface area contributed by atoms with E-state index in [1.54, 1.807) is 24.4 Å². The van der Waals surface area contributed by atoms with Crippen LogP contribution in [0.1, 0.15) is 11.3 Å². The third-order valence-electron chi connectivity index (χ3n) is 4.37. The van der Waals surface area contributed by atoms with Gasteiger partial charge in [0.15, 0.2) is 0 Å². The average Bonchev–Trinajstić information content (AvgIpc) is 2.78. The molecule has 0 spiro atoms. The Bertz CT molecular complexity index is 1070. The van der Waals surface area contributed by atoms with Gasteiger partial charge in [-0.15, -0.1) is 0 Å².